The highest BCUT2D eigenvalue weighted by molar-refractivity contribution is 7.92. The second kappa shape index (κ2) is 9.26. The second-order valence-electron chi connectivity index (χ2n) is 7.21. The van der Waals surface area contributed by atoms with E-state index in [0.29, 0.717) is 17.9 Å². The summed E-state index contributed by atoms with van der Waals surface area (Å²) in [7, 11) is -2.14. The second-order valence-corrected chi connectivity index (χ2v) is 9.07. The van der Waals surface area contributed by atoms with Crippen molar-refractivity contribution in [3.8, 4) is 5.75 Å². The molecule has 0 spiro atoms. The summed E-state index contributed by atoms with van der Waals surface area (Å²) in [5, 5.41) is 3.04. The van der Waals surface area contributed by atoms with E-state index in [1.807, 2.05) is 34.6 Å². The fraction of sp³-hybridized carbons (Fsp3) is 0.632. The molecule has 0 aliphatic carbocycles. The number of hydrogen-bond donors (Lipinski definition) is 1. The fourth-order valence-corrected chi connectivity index (χ4v) is 4.38. The van der Waals surface area contributed by atoms with Gasteiger partial charge in [-0.05, 0) is 30.4 Å². The smallest absolute Gasteiger partial charge is 0.244 e. The molecule has 1 aromatic carbocycles. The van der Waals surface area contributed by atoms with Crippen LogP contribution in [-0.4, -0.2) is 39.8 Å². The van der Waals surface area contributed by atoms with Crippen LogP contribution < -0.4 is 14.4 Å². The van der Waals surface area contributed by atoms with Crippen molar-refractivity contribution < 1.29 is 17.9 Å². The summed E-state index contributed by atoms with van der Waals surface area (Å²) in [5.41, 5.74) is 0.416. The number of nitrogens with one attached hydrogen (secondary N) is 1. The first-order valence-corrected chi connectivity index (χ1v) is 10.8. The molecule has 26 heavy (non-hydrogen) atoms. The van der Waals surface area contributed by atoms with Crippen molar-refractivity contribution in [1.82, 2.24) is 5.32 Å². The van der Waals surface area contributed by atoms with Crippen molar-refractivity contribution >= 4 is 21.6 Å². The maximum Gasteiger partial charge on any atom is 0.244 e. The topological polar surface area (TPSA) is 75.7 Å². The number of rotatable bonds is 9. The third-order valence-corrected chi connectivity index (χ3v) is 5.56. The van der Waals surface area contributed by atoms with E-state index in [1.54, 1.807) is 24.3 Å². The summed E-state index contributed by atoms with van der Waals surface area (Å²) in [5.74, 6) is 0.752. The van der Waals surface area contributed by atoms with Crippen LogP contribution in [0.3, 0.4) is 0 Å². The number of ether oxygens (including phenoxy) is 1. The van der Waals surface area contributed by atoms with Crippen molar-refractivity contribution in [2.75, 3.05) is 17.7 Å². The zero-order valence-corrected chi connectivity index (χ0v) is 17.6. The predicted molar refractivity (Wildman–Crippen MR) is 106 cm³/mol. The molecule has 148 valence electrons. The minimum atomic E-state index is -3.66. The number of carbonyl (C=O) groups is 1. The SMILES string of the molecule is CC[C@@H](C(=O)NC(C(C)C)C(C)C)N(c1cccc(OC)c1)S(C)(=O)=O. The molecule has 0 aliphatic rings. The summed E-state index contributed by atoms with van der Waals surface area (Å²) in [6.45, 7) is 9.98. The molecular weight excluding hydrogens is 352 g/mol. The highest BCUT2D eigenvalue weighted by Crippen LogP contribution is 2.26. The zero-order chi connectivity index (χ0) is 20.1. The lowest BCUT2D eigenvalue weighted by Crippen LogP contribution is -2.53. The number of hydrogen-bond acceptors (Lipinski definition) is 4. The molecule has 0 saturated heterocycles. The van der Waals surface area contributed by atoms with Crippen molar-refractivity contribution in [1.29, 1.82) is 0 Å². The van der Waals surface area contributed by atoms with Gasteiger partial charge in [-0.25, -0.2) is 8.42 Å². The molecule has 0 fully saturated rings. The molecule has 0 saturated carbocycles. The Morgan fingerprint density at radius 1 is 1.19 bits per heavy atom. The van der Waals surface area contributed by atoms with E-state index in [1.165, 1.54) is 11.4 Å². The standard InChI is InChI=1S/C19H32N2O4S/c1-8-17(19(22)20-18(13(2)3)14(4)5)21(26(7,23)24)15-10-9-11-16(12-15)25-6/h9-14,17-18H,8H2,1-7H3,(H,20,22)/t17-/m0/s1. The summed E-state index contributed by atoms with van der Waals surface area (Å²) in [6, 6.07) is 5.89. The fourth-order valence-electron chi connectivity index (χ4n) is 3.17. The van der Waals surface area contributed by atoms with Crippen LogP contribution in [-0.2, 0) is 14.8 Å². The lowest BCUT2D eigenvalue weighted by molar-refractivity contribution is -0.123. The first-order valence-electron chi connectivity index (χ1n) is 8.96. The van der Waals surface area contributed by atoms with Gasteiger partial charge >= 0.3 is 0 Å². The van der Waals surface area contributed by atoms with Gasteiger partial charge in [-0.3, -0.25) is 9.10 Å². The predicted octanol–water partition coefficient (Wildman–Crippen LogP) is 3.04. The van der Waals surface area contributed by atoms with E-state index in [0.717, 1.165) is 6.26 Å². The van der Waals surface area contributed by atoms with Gasteiger partial charge in [-0.2, -0.15) is 0 Å². The number of benzene rings is 1. The largest absolute Gasteiger partial charge is 0.497 e. The highest BCUT2D eigenvalue weighted by Gasteiger charge is 2.33. The van der Waals surface area contributed by atoms with Crippen molar-refractivity contribution in [2.24, 2.45) is 11.8 Å². The summed E-state index contributed by atoms with van der Waals surface area (Å²) >= 11 is 0. The van der Waals surface area contributed by atoms with E-state index in [2.05, 4.69) is 5.32 Å². The van der Waals surface area contributed by atoms with Crippen LogP contribution in [0.15, 0.2) is 24.3 Å². The molecule has 0 heterocycles. The van der Waals surface area contributed by atoms with Gasteiger partial charge in [0.25, 0.3) is 0 Å². The average molecular weight is 385 g/mol. The van der Waals surface area contributed by atoms with Gasteiger partial charge in [0.2, 0.25) is 15.9 Å². The molecule has 1 amide bonds. The average Bonchev–Trinajstić information content (AvgIpc) is 2.55. The molecule has 0 aliphatic heterocycles. The van der Waals surface area contributed by atoms with Crippen LogP contribution in [0.5, 0.6) is 5.75 Å². The van der Waals surface area contributed by atoms with Crippen molar-refractivity contribution in [2.45, 2.75) is 53.1 Å². The summed E-state index contributed by atoms with van der Waals surface area (Å²) < 4.78 is 31.4. The van der Waals surface area contributed by atoms with Gasteiger partial charge in [-0.15, -0.1) is 0 Å². The monoisotopic (exact) mass is 384 g/mol. The van der Waals surface area contributed by atoms with Crippen molar-refractivity contribution in [3.63, 3.8) is 0 Å². The van der Waals surface area contributed by atoms with E-state index in [9.17, 15) is 13.2 Å². The summed E-state index contributed by atoms with van der Waals surface area (Å²) in [4.78, 5) is 13.0. The molecule has 0 bridgehead atoms. The van der Waals surface area contributed by atoms with Crippen LogP contribution >= 0.6 is 0 Å². The molecule has 6 nitrogen and oxygen atoms in total. The maximum absolute atomic E-state index is 13.0. The van der Waals surface area contributed by atoms with E-state index in [4.69, 9.17) is 4.74 Å². The Morgan fingerprint density at radius 2 is 1.77 bits per heavy atom. The Hall–Kier alpha value is -1.76. The number of anilines is 1. The zero-order valence-electron chi connectivity index (χ0n) is 16.8. The van der Waals surface area contributed by atoms with Crippen LogP contribution in [0.1, 0.15) is 41.0 Å². The Kier molecular flexibility index (Phi) is 7.93. The molecule has 0 radical (unpaired) electrons. The first kappa shape index (κ1) is 22.3. The summed E-state index contributed by atoms with van der Waals surface area (Å²) in [6.07, 6.45) is 1.48. The number of methoxy groups -OCH3 is 1. The minimum Gasteiger partial charge on any atom is -0.497 e. The Labute approximate surface area is 158 Å². The lowest BCUT2D eigenvalue weighted by atomic mass is 9.93. The molecular formula is C19H32N2O4S. The molecule has 0 aromatic heterocycles. The molecule has 1 rings (SSSR count). The lowest BCUT2D eigenvalue weighted by Gasteiger charge is -2.33. The third kappa shape index (κ3) is 5.62. The quantitative estimate of drug-likeness (QED) is 0.710. The van der Waals surface area contributed by atoms with E-state index in [-0.39, 0.29) is 23.8 Å². The van der Waals surface area contributed by atoms with Gasteiger partial charge in [0.05, 0.1) is 19.1 Å². The van der Waals surface area contributed by atoms with Gasteiger partial charge in [0.15, 0.2) is 0 Å². The third-order valence-electron chi connectivity index (χ3n) is 4.38. The Balaban J connectivity index is 3.27. The molecule has 1 aromatic rings. The number of nitrogens with zero attached hydrogens (tertiary/aromatic N) is 1. The number of amides is 1. The Morgan fingerprint density at radius 3 is 2.19 bits per heavy atom. The molecule has 7 heteroatoms. The van der Waals surface area contributed by atoms with Gasteiger partial charge in [-0.1, -0.05) is 40.7 Å². The van der Waals surface area contributed by atoms with Gasteiger partial charge < -0.3 is 10.1 Å². The highest BCUT2D eigenvalue weighted by atomic mass is 32.2. The Bertz CT molecular complexity index is 693. The number of sulfonamides is 1. The molecule has 1 N–H and O–H groups in total. The first-order chi connectivity index (χ1) is 12.0. The molecule has 0 unspecified atom stereocenters. The maximum atomic E-state index is 13.0. The van der Waals surface area contributed by atoms with Crippen molar-refractivity contribution in [3.05, 3.63) is 24.3 Å². The normalized spacial score (nSPS) is 13.2. The van der Waals surface area contributed by atoms with Crippen LogP contribution in [0.25, 0.3) is 0 Å². The minimum absolute atomic E-state index is 0.0248. The van der Waals surface area contributed by atoms with Gasteiger partial charge in [0, 0.05) is 12.1 Å². The molecule has 1 atom stereocenters. The van der Waals surface area contributed by atoms with Crippen LogP contribution in [0, 0.1) is 11.8 Å². The van der Waals surface area contributed by atoms with E-state index >= 15 is 0 Å². The number of carbonyl (C=O) groups excluding carboxylic acids is 1. The van der Waals surface area contributed by atoms with E-state index < -0.39 is 16.1 Å². The van der Waals surface area contributed by atoms with Crippen LogP contribution in [0.4, 0.5) is 5.69 Å². The van der Waals surface area contributed by atoms with Crippen LogP contribution in [0.2, 0.25) is 0 Å². The van der Waals surface area contributed by atoms with Gasteiger partial charge in [0.1, 0.15) is 11.8 Å².